The van der Waals surface area contributed by atoms with Gasteiger partial charge in [0.05, 0.1) is 11.4 Å². The van der Waals surface area contributed by atoms with Crippen molar-refractivity contribution in [2.45, 2.75) is 55.7 Å². The molecular formula is C17H22ClN3S3. The van der Waals surface area contributed by atoms with Crippen LogP contribution >= 0.6 is 46.8 Å². The van der Waals surface area contributed by atoms with E-state index in [9.17, 15) is 0 Å². The molecule has 3 rings (SSSR count). The highest BCUT2D eigenvalue weighted by atomic mass is 35.5. The van der Waals surface area contributed by atoms with Crippen LogP contribution in [0, 0.1) is 6.92 Å². The number of halogens is 1. The first-order valence-electron chi connectivity index (χ1n) is 8.22. The third kappa shape index (κ3) is 5.30. The predicted molar refractivity (Wildman–Crippen MR) is 109 cm³/mol. The first-order chi connectivity index (χ1) is 11.7. The lowest BCUT2D eigenvalue weighted by atomic mass is 9.96. The van der Waals surface area contributed by atoms with Crippen molar-refractivity contribution in [3.8, 4) is 0 Å². The number of benzene rings is 1. The van der Waals surface area contributed by atoms with Crippen LogP contribution in [-0.2, 0) is 5.75 Å². The van der Waals surface area contributed by atoms with Crippen LogP contribution in [0.4, 0.5) is 5.13 Å². The van der Waals surface area contributed by atoms with E-state index in [1.807, 2.05) is 19.1 Å². The van der Waals surface area contributed by atoms with Crippen molar-refractivity contribution in [1.29, 1.82) is 0 Å². The van der Waals surface area contributed by atoms with Gasteiger partial charge in [0.2, 0.25) is 0 Å². The highest BCUT2D eigenvalue weighted by Crippen LogP contribution is 2.30. The number of nitrogens with one attached hydrogen (secondary N) is 2. The van der Waals surface area contributed by atoms with Gasteiger partial charge in [0.25, 0.3) is 0 Å². The third-order valence-corrected chi connectivity index (χ3v) is 7.34. The molecule has 0 atom stereocenters. The SMILES string of the molecule is Cc1c(Cl)cccc1SNc1nc(CSNC2CCCCC2)cs1. The number of nitrogens with zero attached hydrogens (tertiary/aromatic N) is 1. The Morgan fingerprint density at radius 1 is 1.29 bits per heavy atom. The molecule has 1 aliphatic carbocycles. The van der Waals surface area contributed by atoms with Crippen LogP contribution in [0.5, 0.6) is 0 Å². The first-order valence-corrected chi connectivity index (χ1v) is 11.3. The van der Waals surface area contributed by atoms with Crippen molar-refractivity contribution in [2.75, 3.05) is 4.72 Å². The highest BCUT2D eigenvalue weighted by Gasteiger charge is 2.13. The lowest BCUT2D eigenvalue weighted by molar-refractivity contribution is 0.423. The number of rotatable bonds is 7. The summed E-state index contributed by atoms with van der Waals surface area (Å²) in [6.07, 6.45) is 6.75. The molecule has 0 radical (unpaired) electrons. The van der Waals surface area contributed by atoms with E-state index < -0.39 is 0 Å². The molecule has 1 saturated carbocycles. The zero-order valence-corrected chi connectivity index (χ0v) is 16.9. The summed E-state index contributed by atoms with van der Waals surface area (Å²) in [7, 11) is 0. The van der Waals surface area contributed by atoms with Gasteiger partial charge in [0.1, 0.15) is 0 Å². The molecule has 1 aromatic carbocycles. The Morgan fingerprint density at radius 3 is 2.96 bits per heavy atom. The minimum absolute atomic E-state index is 0.682. The summed E-state index contributed by atoms with van der Waals surface area (Å²) in [6, 6.07) is 6.64. The zero-order valence-electron chi connectivity index (χ0n) is 13.7. The van der Waals surface area contributed by atoms with Crippen LogP contribution in [0.15, 0.2) is 28.5 Å². The third-order valence-electron chi connectivity index (χ3n) is 4.09. The molecule has 7 heteroatoms. The van der Waals surface area contributed by atoms with Crippen LogP contribution in [0.2, 0.25) is 5.02 Å². The van der Waals surface area contributed by atoms with Gasteiger partial charge >= 0.3 is 0 Å². The van der Waals surface area contributed by atoms with E-state index in [2.05, 4.69) is 25.9 Å². The summed E-state index contributed by atoms with van der Waals surface area (Å²) in [6.45, 7) is 2.03. The normalized spacial score (nSPS) is 15.6. The molecule has 2 aromatic rings. The number of hydrogen-bond donors (Lipinski definition) is 2. The van der Waals surface area contributed by atoms with Crippen molar-refractivity contribution in [3.63, 3.8) is 0 Å². The average Bonchev–Trinajstić information content (AvgIpc) is 3.05. The predicted octanol–water partition coefficient (Wildman–Crippen LogP) is 6.29. The van der Waals surface area contributed by atoms with Crippen LogP contribution in [-0.4, -0.2) is 11.0 Å². The zero-order chi connectivity index (χ0) is 16.8. The Balaban J connectivity index is 1.44. The maximum Gasteiger partial charge on any atom is 0.193 e. The van der Waals surface area contributed by atoms with Gasteiger partial charge in [-0.1, -0.05) is 48.9 Å². The summed E-state index contributed by atoms with van der Waals surface area (Å²) in [5.74, 6) is 0.912. The molecule has 3 nitrogen and oxygen atoms in total. The molecule has 0 amide bonds. The summed E-state index contributed by atoms with van der Waals surface area (Å²) >= 11 is 11.2. The summed E-state index contributed by atoms with van der Waals surface area (Å²) < 4.78 is 6.92. The molecule has 0 spiro atoms. The number of hydrogen-bond acceptors (Lipinski definition) is 6. The molecule has 2 N–H and O–H groups in total. The smallest absolute Gasteiger partial charge is 0.193 e. The van der Waals surface area contributed by atoms with E-state index >= 15 is 0 Å². The molecule has 1 aromatic heterocycles. The Labute approximate surface area is 161 Å². The molecule has 1 aliphatic rings. The monoisotopic (exact) mass is 399 g/mol. The summed E-state index contributed by atoms with van der Waals surface area (Å²) in [4.78, 5) is 5.78. The van der Waals surface area contributed by atoms with Gasteiger partial charge in [-0.15, -0.1) is 11.3 Å². The van der Waals surface area contributed by atoms with Gasteiger partial charge in [0.15, 0.2) is 5.13 Å². The molecule has 130 valence electrons. The van der Waals surface area contributed by atoms with E-state index in [4.69, 9.17) is 11.6 Å². The lowest BCUT2D eigenvalue weighted by Gasteiger charge is -2.21. The van der Waals surface area contributed by atoms with E-state index in [0.29, 0.717) is 6.04 Å². The van der Waals surface area contributed by atoms with Gasteiger partial charge in [-0.3, -0.25) is 4.72 Å². The first kappa shape index (κ1) is 18.4. The topological polar surface area (TPSA) is 37.0 Å². The second-order valence-electron chi connectivity index (χ2n) is 5.95. The fraction of sp³-hybridized carbons (Fsp3) is 0.471. The van der Waals surface area contributed by atoms with Crippen molar-refractivity contribution < 1.29 is 0 Å². The maximum absolute atomic E-state index is 6.16. The molecule has 0 unspecified atom stereocenters. The van der Waals surface area contributed by atoms with Gasteiger partial charge in [-0.2, -0.15) is 0 Å². The summed E-state index contributed by atoms with van der Waals surface area (Å²) in [5.41, 5.74) is 2.22. The number of anilines is 1. The standard InChI is InChI=1S/C17H22ClN3S3/c1-12-15(18)8-5-9-16(12)24-21-17-19-14(10-22-17)11-23-20-13-6-3-2-4-7-13/h5,8-10,13,20H,2-4,6-7,11H2,1H3,(H,19,21). The van der Waals surface area contributed by atoms with Crippen LogP contribution in [0.1, 0.15) is 43.4 Å². The van der Waals surface area contributed by atoms with Gasteiger partial charge < -0.3 is 4.72 Å². The fourth-order valence-corrected chi connectivity index (χ4v) is 5.38. The molecule has 1 heterocycles. The van der Waals surface area contributed by atoms with Crippen LogP contribution in [0.25, 0.3) is 0 Å². The molecule has 0 saturated heterocycles. The molecule has 0 bridgehead atoms. The maximum atomic E-state index is 6.16. The molecule has 0 aliphatic heterocycles. The Morgan fingerprint density at radius 2 is 2.12 bits per heavy atom. The fourth-order valence-electron chi connectivity index (χ4n) is 2.67. The van der Waals surface area contributed by atoms with Crippen molar-refractivity contribution >= 4 is 52.0 Å². The van der Waals surface area contributed by atoms with Gasteiger partial charge in [-0.05, 0) is 49.4 Å². The minimum Gasteiger partial charge on any atom is -0.302 e. The number of thiazole rings is 1. The Bertz CT molecular complexity index is 656. The van der Waals surface area contributed by atoms with Crippen molar-refractivity contribution in [1.82, 2.24) is 9.71 Å². The van der Waals surface area contributed by atoms with E-state index in [0.717, 1.165) is 32.1 Å². The van der Waals surface area contributed by atoms with E-state index in [-0.39, 0.29) is 0 Å². The van der Waals surface area contributed by atoms with Crippen LogP contribution in [0.3, 0.4) is 0 Å². The number of aromatic nitrogens is 1. The Hall–Kier alpha value is -0.400. The van der Waals surface area contributed by atoms with E-state index in [1.165, 1.54) is 32.1 Å². The Kier molecular flexibility index (Phi) is 7.16. The van der Waals surface area contributed by atoms with Crippen molar-refractivity contribution in [3.05, 3.63) is 39.9 Å². The molecule has 24 heavy (non-hydrogen) atoms. The largest absolute Gasteiger partial charge is 0.302 e. The molecule has 1 fully saturated rings. The van der Waals surface area contributed by atoms with Crippen LogP contribution < -0.4 is 9.44 Å². The highest BCUT2D eigenvalue weighted by molar-refractivity contribution is 8.00. The van der Waals surface area contributed by atoms with Crippen molar-refractivity contribution in [2.24, 2.45) is 0 Å². The van der Waals surface area contributed by atoms with Gasteiger partial charge in [-0.25, -0.2) is 4.98 Å². The quantitative estimate of drug-likeness (QED) is 0.534. The lowest BCUT2D eigenvalue weighted by Crippen LogP contribution is -2.25. The molecular weight excluding hydrogens is 378 g/mol. The second kappa shape index (κ2) is 9.34. The van der Waals surface area contributed by atoms with Gasteiger partial charge in [0, 0.05) is 21.3 Å². The van der Waals surface area contributed by atoms with E-state index in [1.54, 1.807) is 35.2 Å². The minimum atomic E-state index is 0.682. The average molecular weight is 400 g/mol. The second-order valence-corrected chi connectivity index (χ2v) is 8.88. The summed E-state index contributed by atoms with van der Waals surface area (Å²) in [5, 5.41) is 3.86.